The van der Waals surface area contributed by atoms with Gasteiger partial charge in [-0.1, -0.05) is 0 Å². The second-order valence-electron chi connectivity index (χ2n) is 3.58. The molecule has 2 aromatic rings. The third kappa shape index (κ3) is 2.03. The molecule has 0 bridgehead atoms. The second kappa shape index (κ2) is 4.76. The van der Waals surface area contributed by atoms with Crippen molar-refractivity contribution in [2.75, 3.05) is 0 Å². The molecule has 0 aliphatic carbocycles. The Hall–Kier alpha value is -2.19. The summed E-state index contributed by atoms with van der Waals surface area (Å²) in [5.41, 5.74) is 7.17. The van der Waals surface area contributed by atoms with Crippen molar-refractivity contribution < 1.29 is 0 Å². The van der Waals surface area contributed by atoms with Crippen molar-refractivity contribution in [2.24, 2.45) is 5.73 Å². The highest BCUT2D eigenvalue weighted by molar-refractivity contribution is 5.56. The molecule has 0 aliphatic heterocycles. The zero-order chi connectivity index (χ0) is 12.3. The van der Waals surface area contributed by atoms with Crippen molar-refractivity contribution in [3.8, 4) is 17.5 Å². The van der Waals surface area contributed by atoms with Gasteiger partial charge in [-0.05, 0) is 31.2 Å². The molecular weight excluding hydrogens is 214 g/mol. The first kappa shape index (κ1) is 11.3. The lowest BCUT2D eigenvalue weighted by Gasteiger charge is -2.06. The highest BCUT2D eigenvalue weighted by atomic mass is 15.3. The molecule has 1 aromatic carbocycles. The SMILES string of the molecule is CCn1c(CN)nnc1-c1ccc(C#N)cc1. The van der Waals surface area contributed by atoms with Gasteiger partial charge in [-0.15, -0.1) is 10.2 Å². The molecule has 5 nitrogen and oxygen atoms in total. The van der Waals surface area contributed by atoms with Gasteiger partial charge in [0.2, 0.25) is 0 Å². The molecule has 2 rings (SSSR count). The Morgan fingerprint density at radius 1 is 1.29 bits per heavy atom. The van der Waals surface area contributed by atoms with E-state index in [1.807, 2.05) is 23.6 Å². The predicted octanol–water partition coefficient (Wildman–Crippen LogP) is 1.30. The van der Waals surface area contributed by atoms with E-state index in [0.717, 1.165) is 23.8 Å². The molecule has 1 aromatic heterocycles. The molecule has 5 heteroatoms. The number of nitrogens with zero attached hydrogens (tertiary/aromatic N) is 4. The van der Waals surface area contributed by atoms with E-state index in [1.54, 1.807) is 12.1 Å². The van der Waals surface area contributed by atoms with Gasteiger partial charge < -0.3 is 10.3 Å². The van der Waals surface area contributed by atoms with E-state index in [-0.39, 0.29) is 0 Å². The first-order chi connectivity index (χ1) is 8.30. The van der Waals surface area contributed by atoms with E-state index in [2.05, 4.69) is 16.3 Å². The average molecular weight is 227 g/mol. The molecule has 0 aliphatic rings. The van der Waals surface area contributed by atoms with Crippen LogP contribution in [-0.2, 0) is 13.1 Å². The minimum Gasteiger partial charge on any atom is -0.324 e. The van der Waals surface area contributed by atoms with Gasteiger partial charge in [0, 0.05) is 12.1 Å². The Kier molecular flexibility index (Phi) is 3.17. The summed E-state index contributed by atoms with van der Waals surface area (Å²) >= 11 is 0. The van der Waals surface area contributed by atoms with Crippen molar-refractivity contribution in [3.63, 3.8) is 0 Å². The molecule has 17 heavy (non-hydrogen) atoms. The van der Waals surface area contributed by atoms with Crippen LogP contribution in [0.4, 0.5) is 0 Å². The van der Waals surface area contributed by atoms with Crippen LogP contribution in [0.5, 0.6) is 0 Å². The van der Waals surface area contributed by atoms with Crippen LogP contribution in [0, 0.1) is 11.3 Å². The minimum absolute atomic E-state index is 0.372. The molecule has 0 unspecified atom stereocenters. The minimum atomic E-state index is 0.372. The van der Waals surface area contributed by atoms with Crippen molar-refractivity contribution in [2.45, 2.75) is 20.0 Å². The normalized spacial score (nSPS) is 10.2. The van der Waals surface area contributed by atoms with E-state index >= 15 is 0 Å². The monoisotopic (exact) mass is 227 g/mol. The summed E-state index contributed by atoms with van der Waals surface area (Å²) in [6.45, 7) is 3.17. The number of benzene rings is 1. The summed E-state index contributed by atoms with van der Waals surface area (Å²) in [5, 5.41) is 16.9. The Balaban J connectivity index is 2.45. The average Bonchev–Trinajstić information content (AvgIpc) is 2.81. The topological polar surface area (TPSA) is 80.5 Å². The number of nitriles is 1. The summed E-state index contributed by atoms with van der Waals surface area (Å²) in [6.07, 6.45) is 0. The van der Waals surface area contributed by atoms with Crippen molar-refractivity contribution in [1.82, 2.24) is 14.8 Å². The van der Waals surface area contributed by atoms with Crippen LogP contribution in [0.15, 0.2) is 24.3 Å². The molecular formula is C12H13N5. The van der Waals surface area contributed by atoms with Crippen LogP contribution >= 0.6 is 0 Å². The van der Waals surface area contributed by atoms with Crippen LogP contribution < -0.4 is 5.73 Å². The fourth-order valence-corrected chi connectivity index (χ4v) is 1.73. The molecule has 2 N–H and O–H groups in total. The van der Waals surface area contributed by atoms with Crippen LogP contribution in [0.1, 0.15) is 18.3 Å². The molecule has 86 valence electrons. The van der Waals surface area contributed by atoms with Gasteiger partial charge in [0.25, 0.3) is 0 Å². The maximum Gasteiger partial charge on any atom is 0.163 e. The Labute approximate surface area is 99.5 Å². The molecule has 0 radical (unpaired) electrons. The number of nitrogens with two attached hydrogens (primary N) is 1. The van der Waals surface area contributed by atoms with Crippen LogP contribution in [0.3, 0.4) is 0 Å². The third-order valence-corrected chi connectivity index (χ3v) is 2.60. The fraction of sp³-hybridized carbons (Fsp3) is 0.250. The number of aromatic nitrogens is 3. The number of hydrogen-bond donors (Lipinski definition) is 1. The van der Waals surface area contributed by atoms with Gasteiger partial charge >= 0.3 is 0 Å². The Morgan fingerprint density at radius 3 is 2.53 bits per heavy atom. The molecule has 0 fully saturated rings. The molecule has 1 heterocycles. The van der Waals surface area contributed by atoms with Crippen molar-refractivity contribution in [3.05, 3.63) is 35.7 Å². The van der Waals surface area contributed by atoms with Gasteiger partial charge in [-0.3, -0.25) is 0 Å². The largest absolute Gasteiger partial charge is 0.324 e. The summed E-state index contributed by atoms with van der Waals surface area (Å²) < 4.78 is 1.97. The van der Waals surface area contributed by atoms with Gasteiger partial charge in [0.1, 0.15) is 5.82 Å². The smallest absolute Gasteiger partial charge is 0.163 e. The van der Waals surface area contributed by atoms with Crippen molar-refractivity contribution >= 4 is 0 Å². The number of rotatable bonds is 3. The molecule has 0 saturated carbocycles. The van der Waals surface area contributed by atoms with E-state index in [1.165, 1.54) is 0 Å². The first-order valence-corrected chi connectivity index (χ1v) is 5.42. The summed E-state index contributed by atoms with van der Waals surface area (Å²) in [7, 11) is 0. The van der Waals surface area contributed by atoms with Crippen LogP contribution in [0.2, 0.25) is 0 Å². The lowest BCUT2D eigenvalue weighted by atomic mass is 10.1. The van der Waals surface area contributed by atoms with Gasteiger partial charge in [0.15, 0.2) is 5.82 Å². The molecule has 0 spiro atoms. The fourth-order valence-electron chi connectivity index (χ4n) is 1.73. The summed E-state index contributed by atoms with van der Waals surface area (Å²) in [5.74, 6) is 1.56. The van der Waals surface area contributed by atoms with Crippen LogP contribution in [0.25, 0.3) is 11.4 Å². The summed E-state index contributed by atoms with van der Waals surface area (Å²) in [6, 6.07) is 9.37. The second-order valence-corrected chi connectivity index (χ2v) is 3.58. The molecule has 0 saturated heterocycles. The van der Waals surface area contributed by atoms with E-state index in [4.69, 9.17) is 11.0 Å². The van der Waals surface area contributed by atoms with E-state index in [0.29, 0.717) is 12.1 Å². The highest BCUT2D eigenvalue weighted by Crippen LogP contribution is 2.18. The van der Waals surface area contributed by atoms with E-state index < -0.39 is 0 Å². The number of hydrogen-bond acceptors (Lipinski definition) is 4. The van der Waals surface area contributed by atoms with Crippen LogP contribution in [-0.4, -0.2) is 14.8 Å². The lowest BCUT2D eigenvalue weighted by Crippen LogP contribution is -2.08. The van der Waals surface area contributed by atoms with Crippen molar-refractivity contribution in [1.29, 1.82) is 5.26 Å². The van der Waals surface area contributed by atoms with Gasteiger partial charge in [-0.2, -0.15) is 5.26 Å². The predicted molar refractivity (Wildman–Crippen MR) is 63.7 cm³/mol. The Bertz CT molecular complexity index is 547. The zero-order valence-electron chi connectivity index (χ0n) is 9.59. The molecule has 0 amide bonds. The van der Waals surface area contributed by atoms with Gasteiger partial charge in [0.05, 0.1) is 18.2 Å². The van der Waals surface area contributed by atoms with Gasteiger partial charge in [-0.25, -0.2) is 0 Å². The lowest BCUT2D eigenvalue weighted by molar-refractivity contribution is 0.704. The Morgan fingerprint density at radius 2 is 2.00 bits per heavy atom. The molecule has 0 atom stereocenters. The maximum atomic E-state index is 8.74. The standard InChI is InChI=1S/C12H13N5/c1-2-17-11(8-14)15-16-12(17)10-5-3-9(7-13)4-6-10/h3-6H,2,8,14H2,1H3. The first-order valence-electron chi connectivity index (χ1n) is 5.42. The summed E-state index contributed by atoms with van der Waals surface area (Å²) in [4.78, 5) is 0. The zero-order valence-corrected chi connectivity index (χ0v) is 9.59. The maximum absolute atomic E-state index is 8.74. The van der Waals surface area contributed by atoms with E-state index in [9.17, 15) is 0 Å². The quantitative estimate of drug-likeness (QED) is 0.856. The third-order valence-electron chi connectivity index (χ3n) is 2.60. The highest BCUT2D eigenvalue weighted by Gasteiger charge is 2.10.